The molecular formula is C18H19NO4. The molecule has 1 aliphatic heterocycles. The summed E-state index contributed by atoms with van der Waals surface area (Å²) in [6.07, 6.45) is 0.377. The number of nitrogens with one attached hydrogen (secondary N) is 1. The molecule has 23 heavy (non-hydrogen) atoms. The molecule has 2 aromatic rings. The van der Waals surface area contributed by atoms with Crippen LogP contribution in [0, 0.1) is 0 Å². The molecule has 1 amide bonds. The molecule has 1 atom stereocenters. The minimum atomic E-state index is -0.0643. The predicted octanol–water partition coefficient (Wildman–Crippen LogP) is 3.19. The molecule has 0 aromatic heterocycles. The largest absolute Gasteiger partial charge is 0.497 e. The van der Waals surface area contributed by atoms with E-state index in [0.717, 1.165) is 22.6 Å². The summed E-state index contributed by atoms with van der Waals surface area (Å²) in [4.78, 5) is 12.1. The third-order valence-electron chi connectivity index (χ3n) is 4.10. The molecule has 1 N–H and O–H groups in total. The van der Waals surface area contributed by atoms with Crippen molar-refractivity contribution in [3.05, 3.63) is 47.5 Å². The van der Waals surface area contributed by atoms with Gasteiger partial charge in [0.1, 0.15) is 17.2 Å². The van der Waals surface area contributed by atoms with Gasteiger partial charge in [-0.1, -0.05) is 12.1 Å². The number of fused-ring (bicyclic) bond motifs is 1. The van der Waals surface area contributed by atoms with Crippen LogP contribution in [0.1, 0.15) is 23.5 Å². The summed E-state index contributed by atoms with van der Waals surface area (Å²) in [6, 6.07) is 11.4. The number of hydrogen-bond donors (Lipinski definition) is 1. The second-order valence-corrected chi connectivity index (χ2v) is 5.37. The van der Waals surface area contributed by atoms with Crippen LogP contribution in [0.25, 0.3) is 0 Å². The minimum Gasteiger partial charge on any atom is -0.497 e. The van der Waals surface area contributed by atoms with Gasteiger partial charge in [0, 0.05) is 30.0 Å². The van der Waals surface area contributed by atoms with E-state index in [2.05, 4.69) is 5.32 Å². The van der Waals surface area contributed by atoms with Gasteiger partial charge in [0.15, 0.2) is 0 Å². The van der Waals surface area contributed by atoms with Gasteiger partial charge >= 0.3 is 0 Å². The normalized spacial score (nSPS) is 16.3. The fourth-order valence-electron chi connectivity index (χ4n) is 2.96. The van der Waals surface area contributed by atoms with Gasteiger partial charge in [0.25, 0.3) is 0 Å². The molecule has 0 bridgehead atoms. The molecule has 1 heterocycles. The van der Waals surface area contributed by atoms with Crippen LogP contribution in [-0.4, -0.2) is 27.2 Å². The Morgan fingerprint density at radius 2 is 1.65 bits per heavy atom. The number of benzene rings is 2. The molecule has 120 valence electrons. The van der Waals surface area contributed by atoms with E-state index in [9.17, 15) is 4.79 Å². The van der Waals surface area contributed by atoms with Crippen LogP contribution in [0.3, 0.4) is 0 Å². The first-order valence-electron chi connectivity index (χ1n) is 7.36. The topological polar surface area (TPSA) is 56.8 Å². The Kier molecular flexibility index (Phi) is 4.10. The summed E-state index contributed by atoms with van der Waals surface area (Å²) in [5.74, 6) is 2.06. The molecule has 1 aliphatic rings. The van der Waals surface area contributed by atoms with E-state index in [4.69, 9.17) is 14.2 Å². The maximum Gasteiger partial charge on any atom is 0.225 e. The Bertz CT molecular complexity index is 725. The quantitative estimate of drug-likeness (QED) is 0.942. The lowest BCUT2D eigenvalue weighted by atomic mass is 9.84. The average Bonchev–Trinajstić information content (AvgIpc) is 2.59. The SMILES string of the molecule is COc1ccc(C2CC(=O)Nc3cc(OC)cc(OC)c32)cc1. The van der Waals surface area contributed by atoms with E-state index in [1.165, 1.54) is 0 Å². The summed E-state index contributed by atoms with van der Waals surface area (Å²) < 4.78 is 16.0. The van der Waals surface area contributed by atoms with Crippen LogP contribution in [0.2, 0.25) is 0 Å². The van der Waals surface area contributed by atoms with Crippen molar-refractivity contribution >= 4 is 11.6 Å². The molecule has 0 fully saturated rings. The molecule has 0 spiro atoms. The zero-order chi connectivity index (χ0) is 16.4. The predicted molar refractivity (Wildman–Crippen MR) is 87.6 cm³/mol. The van der Waals surface area contributed by atoms with Crippen LogP contribution in [-0.2, 0) is 4.79 Å². The molecule has 0 saturated carbocycles. The van der Waals surface area contributed by atoms with E-state index in [0.29, 0.717) is 17.9 Å². The van der Waals surface area contributed by atoms with Gasteiger partial charge in [0.2, 0.25) is 5.91 Å². The number of amides is 1. The Labute approximate surface area is 135 Å². The maximum atomic E-state index is 12.1. The van der Waals surface area contributed by atoms with Crippen molar-refractivity contribution in [2.45, 2.75) is 12.3 Å². The van der Waals surface area contributed by atoms with Gasteiger partial charge in [-0.05, 0) is 17.7 Å². The van der Waals surface area contributed by atoms with Crippen molar-refractivity contribution < 1.29 is 19.0 Å². The van der Waals surface area contributed by atoms with Gasteiger partial charge in [-0.15, -0.1) is 0 Å². The monoisotopic (exact) mass is 313 g/mol. The van der Waals surface area contributed by atoms with E-state index >= 15 is 0 Å². The second-order valence-electron chi connectivity index (χ2n) is 5.37. The van der Waals surface area contributed by atoms with Crippen molar-refractivity contribution in [2.24, 2.45) is 0 Å². The number of methoxy groups -OCH3 is 3. The summed E-state index contributed by atoms with van der Waals surface area (Å²) in [6.45, 7) is 0. The Balaban J connectivity index is 2.11. The lowest BCUT2D eigenvalue weighted by Gasteiger charge is -2.28. The summed E-state index contributed by atoms with van der Waals surface area (Å²) in [7, 11) is 4.84. The molecule has 2 aromatic carbocycles. The van der Waals surface area contributed by atoms with Crippen molar-refractivity contribution in [1.82, 2.24) is 0 Å². The number of carbonyl (C=O) groups excluding carboxylic acids is 1. The lowest BCUT2D eigenvalue weighted by molar-refractivity contribution is -0.116. The summed E-state index contributed by atoms with van der Waals surface area (Å²) >= 11 is 0. The van der Waals surface area contributed by atoms with Crippen LogP contribution >= 0.6 is 0 Å². The fourth-order valence-corrected chi connectivity index (χ4v) is 2.96. The lowest BCUT2D eigenvalue weighted by Crippen LogP contribution is -2.24. The van der Waals surface area contributed by atoms with E-state index < -0.39 is 0 Å². The third-order valence-corrected chi connectivity index (χ3v) is 4.10. The molecule has 3 rings (SSSR count). The molecule has 0 saturated heterocycles. The molecule has 0 aliphatic carbocycles. The third kappa shape index (κ3) is 2.82. The van der Waals surface area contributed by atoms with Gasteiger partial charge in [-0.2, -0.15) is 0 Å². The zero-order valence-corrected chi connectivity index (χ0v) is 13.4. The van der Waals surface area contributed by atoms with E-state index in [1.54, 1.807) is 21.3 Å². The average molecular weight is 313 g/mol. The van der Waals surface area contributed by atoms with Gasteiger partial charge in [-0.25, -0.2) is 0 Å². The summed E-state index contributed by atoms with van der Waals surface area (Å²) in [5.41, 5.74) is 2.75. The van der Waals surface area contributed by atoms with Crippen molar-refractivity contribution in [1.29, 1.82) is 0 Å². The number of rotatable bonds is 4. The van der Waals surface area contributed by atoms with Crippen LogP contribution < -0.4 is 19.5 Å². The highest BCUT2D eigenvalue weighted by Gasteiger charge is 2.30. The first-order chi connectivity index (χ1) is 11.2. The van der Waals surface area contributed by atoms with Gasteiger partial charge < -0.3 is 19.5 Å². The highest BCUT2D eigenvalue weighted by Crippen LogP contribution is 2.44. The van der Waals surface area contributed by atoms with Crippen LogP contribution in [0.15, 0.2) is 36.4 Å². The van der Waals surface area contributed by atoms with Crippen LogP contribution in [0.4, 0.5) is 5.69 Å². The van der Waals surface area contributed by atoms with Crippen molar-refractivity contribution in [3.8, 4) is 17.2 Å². The number of anilines is 1. The standard InChI is InChI=1S/C18H19NO4/c1-21-12-6-4-11(5-7-12)14-10-17(20)19-15-8-13(22-2)9-16(23-3)18(14)15/h4-9,14H,10H2,1-3H3,(H,19,20). The Morgan fingerprint density at radius 1 is 0.957 bits per heavy atom. The van der Waals surface area contributed by atoms with Crippen molar-refractivity contribution in [2.75, 3.05) is 26.6 Å². The molecule has 0 radical (unpaired) electrons. The minimum absolute atomic E-state index is 0.0198. The second kappa shape index (κ2) is 6.20. The Morgan fingerprint density at radius 3 is 2.26 bits per heavy atom. The number of hydrogen-bond acceptors (Lipinski definition) is 4. The van der Waals surface area contributed by atoms with Crippen molar-refractivity contribution in [3.63, 3.8) is 0 Å². The number of carbonyl (C=O) groups is 1. The highest BCUT2D eigenvalue weighted by molar-refractivity contribution is 5.96. The zero-order valence-electron chi connectivity index (χ0n) is 13.4. The molecular weight excluding hydrogens is 294 g/mol. The molecule has 5 heteroatoms. The van der Waals surface area contributed by atoms with E-state index in [-0.39, 0.29) is 11.8 Å². The first kappa shape index (κ1) is 15.2. The van der Waals surface area contributed by atoms with Gasteiger partial charge in [0.05, 0.1) is 27.0 Å². The first-order valence-corrected chi connectivity index (χ1v) is 7.36. The Hall–Kier alpha value is -2.69. The molecule has 5 nitrogen and oxygen atoms in total. The van der Waals surface area contributed by atoms with E-state index in [1.807, 2.05) is 36.4 Å². The summed E-state index contributed by atoms with van der Waals surface area (Å²) in [5, 5.41) is 2.91. The van der Waals surface area contributed by atoms with Gasteiger partial charge in [-0.3, -0.25) is 4.79 Å². The molecule has 1 unspecified atom stereocenters. The maximum absolute atomic E-state index is 12.1. The number of ether oxygens (including phenoxy) is 3. The fraction of sp³-hybridized carbons (Fsp3) is 0.278. The highest BCUT2D eigenvalue weighted by atomic mass is 16.5. The van der Waals surface area contributed by atoms with Crippen LogP contribution in [0.5, 0.6) is 17.2 Å². The smallest absolute Gasteiger partial charge is 0.225 e.